The van der Waals surface area contributed by atoms with E-state index in [1.807, 2.05) is 4.57 Å². The maximum Gasteiger partial charge on any atom is 0.167 e. The Bertz CT molecular complexity index is 602. The number of hydrogen-bond acceptors (Lipinski definition) is 7. The van der Waals surface area contributed by atoms with Gasteiger partial charge in [-0.1, -0.05) is 0 Å². The Balaban J connectivity index is 1.90. The van der Waals surface area contributed by atoms with Crippen molar-refractivity contribution >= 4 is 17.0 Å². The van der Waals surface area contributed by atoms with Gasteiger partial charge in [-0.15, -0.1) is 0 Å². The summed E-state index contributed by atoms with van der Waals surface area (Å²) in [5.41, 5.74) is 7.03. The van der Waals surface area contributed by atoms with Crippen LogP contribution in [0.25, 0.3) is 11.2 Å². The largest absolute Gasteiger partial charge is 0.382 e. The highest BCUT2D eigenvalue weighted by atomic mass is 16.6. The Morgan fingerprint density at radius 3 is 3.00 bits per heavy atom. The number of imidazole rings is 1. The predicted molar refractivity (Wildman–Crippen MR) is 70.9 cm³/mol. The molecule has 0 amide bonds. The number of ether oxygens (including phenoxy) is 3. The molecule has 1 saturated heterocycles. The molecule has 1 aliphatic rings. The number of nitrogens with two attached hydrogens (primary N) is 1. The number of aromatic nitrogens is 4. The zero-order valence-corrected chi connectivity index (χ0v) is 11.4. The van der Waals surface area contributed by atoms with E-state index in [-0.39, 0.29) is 18.4 Å². The third-order valence-corrected chi connectivity index (χ3v) is 3.51. The normalized spacial score (nSPS) is 26.4. The number of rotatable bonds is 4. The number of anilines is 1. The van der Waals surface area contributed by atoms with E-state index in [9.17, 15) is 0 Å². The summed E-state index contributed by atoms with van der Waals surface area (Å²) >= 11 is 0. The lowest BCUT2D eigenvalue weighted by Crippen LogP contribution is -2.27. The van der Waals surface area contributed by atoms with E-state index in [0.717, 1.165) is 0 Å². The molecule has 3 rings (SSSR count). The van der Waals surface area contributed by atoms with Crippen LogP contribution in [0.4, 0.5) is 5.82 Å². The first-order valence-corrected chi connectivity index (χ1v) is 6.34. The van der Waals surface area contributed by atoms with Gasteiger partial charge in [0.2, 0.25) is 0 Å². The van der Waals surface area contributed by atoms with Crippen molar-refractivity contribution in [2.45, 2.75) is 24.9 Å². The molecule has 8 heteroatoms. The van der Waals surface area contributed by atoms with Crippen LogP contribution in [0.1, 0.15) is 12.6 Å². The van der Waals surface area contributed by atoms with E-state index >= 15 is 0 Å². The van der Waals surface area contributed by atoms with Crippen LogP contribution < -0.4 is 5.73 Å². The van der Waals surface area contributed by atoms with Crippen LogP contribution in [0.15, 0.2) is 12.7 Å². The maximum atomic E-state index is 5.97. The van der Waals surface area contributed by atoms with E-state index in [4.69, 9.17) is 19.9 Å². The topological polar surface area (TPSA) is 97.3 Å². The summed E-state index contributed by atoms with van der Waals surface area (Å²) < 4.78 is 18.4. The Morgan fingerprint density at radius 2 is 2.25 bits per heavy atom. The maximum absolute atomic E-state index is 5.97. The molecule has 8 nitrogen and oxygen atoms in total. The number of fused-ring (bicyclic) bond motifs is 1. The average Bonchev–Trinajstić information content (AvgIpc) is 3.03. The third kappa shape index (κ3) is 2.11. The van der Waals surface area contributed by atoms with Crippen molar-refractivity contribution in [3.63, 3.8) is 0 Å². The van der Waals surface area contributed by atoms with E-state index in [2.05, 4.69) is 15.0 Å². The molecule has 0 aromatic carbocycles. The van der Waals surface area contributed by atoms with Crippen molar-refractivity contribution in [2.75, 3.05) is 26.6 Å². The summed E-state index contributed by atoms with van der Waals surface area (Å²) in [5.74, 6) is 0.364. The minimum Gasteiger partial charge on any atom is -0.382 e. The number of nitrogens with zero attached hydrogens (tertiary/aromatic N) is 4. The van der Waals surface area contributed by atoms with Gasteiger partial charge in [0.05, 0.1) is 19.0 Å². The smallest absolute Gasteiger partial charge is 0.167 e. The Kier molecular flexibility index (Phi) is 3.51. The molecular weight excluding hydrogens is 262 g/mol. The molecule has 2 N–H and O–H groups in total. The monoisotopic (exact) mass is 279 g/mol. The molecule has 0 aliphatic carbocycles. The fourth-order valence-corrected chi connectivity index (χ4v) is 2.51. The standard InChI is InChI=1S/C12H17N5O3/c1-18-4-8-7(19-2)3-9(20-8)17-6-16-10-11(13)14-5-15-12(10)17/h5-9H,3-4H2,1-2H3,(H2,13,14,15)/t7?,8-,9-/m1/s1. The Hall–Kier alpha value is -1.77. The second kappa shape index (κ2) is 5.31. The molecule has 2 aromatic heterocycles. The molecule has 1 unspecified atom stereocenters. The van der Waals surface area contributed by atoms with Crippen LogP contribution in [0.5, 0.6) is 0 Å². The minimum absolute atomic E-state index is 0.0171. The number of methoxy groups -OCH3 is 2. The van der Waals surface area contributed by atoms with Crippen molar-refractivity contribution in [1.29, 1.82) is 0 Å². The van der Waals surface area contributed by atoms with Gasteiger partial charge >= 0.3 is 0 Å². The first kappa shape index (κ1) is 13.2. The van der Waals surface area contributed by atoms with E-state index in [1.54, 1.807) is 20.5 Å². The van der Waals surface area contributed by atoms with Gasteiger partial charge in [-0.2, -0.15) is 0 Å². The zero-order valence-electron chi connectivity index (χ0n) is 11.4. The molecule has 20 heavy (non-hydrogen) atoms. The molecule has 108 valence electrons. The van der Waals surface area contributed by atoms with Crippen molar-refractivity contribution in [2.24, 2.45) is 0 Å². The van der Waals surface area contributed by atoms with Gasteiger partial charge in [-0.3, -0.25) is 4.57 Å². The molecule has 1 aliphatic heterocycles. The number of nitrogen functional groups attached to an aromatic ring is 1. The molecule has 2 aromatic rings. The van der Waals surface area contributed by atoms with E-state index in [0.29, 0.717) is 30.0 Å². The molecule has 1 fully saturated rings. The summed E-state index contributed by atoms with van der Waals surface area (Å²) in [6, 6.07) is 0. The summed E-state index contributed by atoms with van der Waals surface area (Å²) in [5, 5.41) is 0. The molecule has 3 atom stereocenters. The van der Waals surface area contributed by atoms with Gasteiger partial charge in [0.25, 0.3) is 0 Å². The van der Waals surface area contributed by atoms with E-state index in [1.165, 1.54) is 6.33 Å². The van der Waals surface area contributed by atoms with Crippen LogP contribution in [0, 0.1) is 0 Å². The lowest BCUT2D eigenvalue weighted by atomic mass is 10.2. The Morgan fingerprint density at radius 1 is 1.40 bits per heavy atom. The fraction of sp³-hybridized carbons (Fsp3) is 0.583. The molecule has 0 spiro atoms. The SMILES string of the molecule is COC[C@H]1O[C@@H](n2cnc3c(N)ncnc32)CC1OC. The van der Waals surface area contributed by atoms with Crippen molar-refractivity contribution in [3.8, 4) is 0 Å². The van der Waals surface area contributed by atoms with Crippen LogP contribution in [0.2, 0.25) is 0 Å². The van der Waals surface area contributed by atoms with Crippen molar-refractivity contribution < 1.29 is 14.2 Å². The van der Waals surface area contributed by atoms with Gasteiger partial charge in [0.1, 0.15) is 24.2 Å². The molecule has 0 bridgehead atoms. The Labute approximate surface area is 115 Å². The van der Waals surface area contributed by atoms with Crippen molar-refractivity contribution in [3.05, 3.63) is 12.7 Å². The predicted octanol–water partition coefficient (Wildman–Crippen LogP) is 0.357. The fourth-order valence-electron chi connectivity index (χ4n) is 2.51. The third-order valence-electron chi connectivity index (χ3n) is 3.51. The van der Waals surface area contributed by atoms with Gasteiger partial charge in [-0.25, -0.2) is 15.0 Å². The van der Waals surface area contributed by atoms with Gasteiger partial charge < -0.3 is 19.9 Å². The lowest BCUT2D eigenvalue weighted by Gasteiger charge is -2.16. The molecule has 0 saturated carbocycles. The van der Waals surface area contributed by atoms with Crippen LogP contribution in [-0.4, -0.2) is 52.6 Å². The minimum atomic E-state index is -0.195. The second-order valence-electron chi connectivity index (χ2n) is 4.68. The van der Waals surface area contributed by atoms with E-state index < -0.39 is 0 Å². The quantitative estimate of drug-likeness (QED) is 0.862. The number of hydrogen-bond donors (Lipinski definition) is 1. The lowest BCUT2D eigenvalue weighted by molar-refractivity contribution is -0.0597. The second-order valence-corrected chi connectivity index (χ2v) is 4.68. The molecule has 3 heterocycles. The van der Waals surface area contributed by atoms with Crippen LogP contribution in [0.3, 0.4) is 0 Å². The summed E-state index contributed by atoms with van der Waals surface area (Å²) in [7, 11) is 3.31. The highest BCUT2D eigenvalue weighted by Gasteiger charge is 2.37. The first-order chi connectivity index (χ1) is 9.74. The summed E-state index contributed by atoms with van der Waals surface area (Å²) in [6.45, 7) is 0.485. The first-order valence-electron chi connectivity index (χ1n) is 6.34. The summed E-state index contributed by atoms with van der Waals surface area (Å²) in [6.07, 6.45) is 3.48. The van der Waals surface area contributed by atoms with Crippen LogP contribution >= 0.6 is 0 Å². The van der Waals surface area contributed by atoms with Crippen molar-refractivity contribution in [1.82, 2.24) is 19.5 Å². The van der Waals surface area contributed by atoms with Crippen LogP contribution in [-0.2, 0) is 14.2 Å². The summed E-state index contributed by atoms with van der Waals surface area (Å²) in [4.78, 5) is 12.4. The average molecular weight is 279 g/mol. The van der Waals surface area contributed by atoms with Gasteiger partial charge in [0, 0.05) is 20.6 Å². The zero-order chi connectivity index (χ0) is 14.1. The highest BCUT2D eigenvalue weighted by Crippen LogP contribution is 2.32. The van der Waals surface area contributed by atoms with Gasteiger partial charge in [0.15, 0.2) is 11.5 Å². The molecule has 0 radical (unpaired) electrons. The highest BCUT2D eigenvalue weighted by molar-refractivity contribution is 5.81. The molecular formula is C12H17N5O3. The van der Waals surface area contributed by atoms with Gasteiger partial charge in [-0.05, 0) is 0 Å².